The van der Waals surface area contributed by atoms with E-state index < -0.39 is 17.7 Å². The molecule has 7 nitrogen and oxygen atoms in total. The quantitative estimate of drug-likeness (QED) is 0.562. The van der Waals surface area contributed by atoms with Gasteiger partial charge in [0.15, 0.2) is 23.1 Å². The number of aromatic hydroxyl groups is 1. The molecule has 1 fully saturated rings. The number of piperidine rings is 1. The first-order valence-corrected chi connectivity index (χ1v) is 10.2. The molecule has 0 amide bonds. The van der Waals surface area contributed by atoms with Crippen molar-refractivity contribution in [2.24, 2.45) is 0 Å². The third kappa shape index (κ3) is 4.06. The van der Waals surface area contributed by atoms with Gasteiger partial charge in [-0.2, -0.15) is 5.10 Å². The number of nitrogens with two attached hydrogens (primary N) is 1. The van der Waals surface area contributed by atoms with Gasteiger partial charge in [0, 0.05) is 30.1 Å². The van der Waals surface area contributed by atoms with Crippen molar-refractivity contribution in [1.29, 1.82) is 0 Å². The molecular weight excluding hydrogens is 409 g/mol. The van der Waals surface area contributed by atoms with Crippen LogP contribution in [0, 0.1) is 5.82 Å². The maximum Gasteiger partial charge on any atom is 0.166 e. The van der Waals surface area contributed by atoms with Gasteiger partial charge in [-0.05, 0) is 44.5 Å². The second kappa shape index (κ2) is 8.49. The maximum absolute atomic E-state index is 13.8. The molecule has 0 bridgehead atoms. The highest BCUT2D eigenvalue weighted by Gasteiger charge is 2.21. The number of nitrogen functional groups attached to an aromatic ring is 1. The number of nitrogens with one attached hydrogen (secondary N) is 1. The molecular formula is C21H23ClFN5O2. The number of phenolic OH excluding ortho intramolecular Hbond substituents is 1. The van der Waals surface area contributed by atoms with Gasteiger partial charge in [0.25, 0.3) is 0 Å². The van der Waals surface area contributed by atoms with Crippen molar-refractivity contribution < 1.29 is 14.2 Å². The lowest BCUT2D eigenvalue weighted by molar-refractivity contribution is 0.221. The number of ether oxygens (including phenoxy) is 1. The lowest BCUT2D eigenvalue weighted by atomic mass is 10.1. The Morgan fingerprint density at radius 2 is 2.20 bits per heavy atom. The molecule has 2 atom stereocenters. The summed E-state index contributed by atoms with van der Waals surface area (Å²) in [5.41, 5.74) is 7.81. The Labute approximate surface area is 178 Å². The van der Waals surface area contributed by atoms with Gasteiger partial charge >= 0.3 is 0 Å². The van der Waals surface area contributed by atoms with Crippen molar-refractivity contribution in [1.82, 2.24) is 20.1 Å². The minimum absolute atomic E-state index is 0.152. The Hall–Kier alpha value is -2.84. The van der Waals surface area contributed by atoms with Gasteiger partial charge in [-0.25, -0.2) is 9.37 Å². The summed E-state index contributed by atoms with van der Waals surface area (Å²) in [4.78, 5) is 4.22. The highest BCUT2D eigenvalue weighted by Crippen LogP contribution is 2.37. The van der Waals surface area contributed by atoms with E-state index in [0.717, 1.165) is 43.1 Å². The van der Waals surface area contributed by atoms with Gasteiger partial charge in [0.2, 0.25) is 0 Å². The Balaban J connectivity index is 1.58. The smallest absolute Gasteiger partial charge is 0.166 e. The number of rotatable bonds is 5. The average Bonchev–Trinajstić information content (AvgIpc) is 3.24. The molecule has 2 aromatic heterocycles. The van der Waals surface area contributed by atoms with Crippen LogP contribution in [0.1, 0.15) is 37.5 Å². The summed E-state index contributed by atoms with van der Waals surface area (Å²) >= 11 is 6.14. The van der Waals surface area contributed by atoms with Crippen LogP contribution in [0.4, 0.5) is 10.2 Å². The molecule has 4 N–H and O–H groups in total. The number of phenols is 1. The zero-order valence-electron chi connectivity index (χ0n) is 16.5. The fourth-order valence-corrected chi connectivity index (χ4v) is 3.95. The van der Waals surface area contributed by atoms with Gasteiger partial charge in [0.05, 0.1) is 22.8 Å². The number of pyridine rings is 1. The molecule has 1 aliphatic heterocycles. The first-order chi connectivity index (χ1) is 14.4. The standard InChI is InChI=1S/C21H23ClFN5O2/c1-12(19-16(22)4-5-17(23)20(19)29)30-18-7-13(8-26-21(18)24)14-9-27-28(11-14)15-3-2-6-25-10-15/h4-5,7-9,11-12,15,25,29H,2-3,6,10H2,1H3,(H2,24,26). The molecule has 0 spiro atoms. The van der Waals surface area contributed by atoms with Crippen molar-refractivity contribution in [3.05, 3.63) is 53.2 Å². The van der Waals surface area contributed by atoms with E-state index in [1.54, 1.807) is 25.4 Å². The molecule has 4 rings (SSSR count). The maximum atomic E-state index is 13.8. The zero-order valence-corrected chi connectivity index (χ0v) is 17.2. The molecule has 158 valence electrons. The predicted octanol–water partition coefficient (Wildman–Crippen LogP) is 4.09. The summed E-state index contributed by atoms with van der Waals surface area (Å²) in [5.74, 6) is -0.817. The lowest BCUT2D eigenvalue weighted by Crippen LogP contribution is -2.31. The summed E-state index contributed by atoms with van der Waals surface area (Å²) < 4.78 is 21.6. The van der Waals surface area contributed by atoms with Crippen LogP contribution in [-0.4, -0.2) is 33.0 Å². The van der Waals surface area contributed by atoms with Gasteiger partial charge in [-0.15, -0.1) is 0 Å². The monoisotopic (exact) mass is 431 g/mol. The van der Waals surface area contributed by atoms with E-state index in [9.17, 15) is 9.50 Å². The number of anilines is 1. The zero-order chi connectivity index (χ0) is 21.3. The van der Waals surface area contributed by atoms with E-state index in [-0.39, 0.29) is 16.4 Å². The summed E-state index contributed by atoms with van der Waals surface area (Å²) in [5, 5.41) is 18.1. The molecule has 2 unspecified atom stereocenters. The topological polar surface area (TPSA) is 98.2 Å². The third-order valence-electron chi connectivity index (χ3n) is 5.29. The molecule has 3 aromatic rings. The first kappa shape index (κ1) is 20.4. The number of hydrogen-bond acceptors (Lipinski definition) is 6. The number of nitrogens with zero attached hydrogens (tertiary/aromatic N) is 3. The summed E-state index contributed by atoms with van der Waals surface area (Å²) in [6.07, 6.45) is 6.87. The summed E-state index contributed by atoms with van der Waals surface area (Å²) in [7, 11) is 0. The van der Waals surface area contributed by atoms with E-state index in [1.807, 2.05) is 10.9 Å². The van der Waals surface area contributed by atoms with Crippen molar-refractivity contribution in [3.8, 4) is 22.6 Å². The van der Waals surface area contributed by atoms with Crippen LogP contribution in [0.5, 0.6) is 11.5 Å². The Morgan fingerprint density at radius 1 is 1.37 bits per heavy atom. The largest absolute Gasteiger partial charge is 0.504 e. The van der Waals surface area contributed by atoms with Crippen molar-refractivity contribution in [3.63, 3.8) is 0 Å². The number of benzene rings is 1. The highest BCUT2D eigenvalue weighted by molar-refractivity contribution is 6.31. The molecule has 30 heavy (non-hydrogen) atoms. The normalized spacial score (nSPS) is 17.6. The van der Waals surface area contributed by atoms with Gasteiger partial charge in [-0.3, -0.25) is 4.68 Å². The van der Waals surface area contributed by atoms with Crippen LogP contribution in [0.2, 0.25) is 5.02 Å². The molecule has 3 heterocycles. The van der Waals surface area contributed by atoms with Crippen molar-refractivity contribution in [2.75, 3.05) is 18.8 Å². The molecule has 1 aromatic carbocycles. The molecule has 1 saturated heterocycles. The predicted molar refractivity (Wildman–Crippen MR) is 113 cm³/mol. The fraction of sp³-hybridized carbons (Fsp3) is 0.333. The molecule has 0 saturated carbocycles. The number of aromatic nitrogens is 3. The molecule has 1 aliphatic rings. The second-order valence-corrected chi connectivity index (χ2v) is 7.78. The van der Waals surface area contributed by atoms with Crippen LogP contribution < -0.4 is 15.8 Å². The summed E-state index contributed by atoms with van der Waals surface area (Å²) in [6.45, 7) is 3.59. The minimum Gasteiger partial charge on any atom is -0.504 e. The van der Waals surface area contributed by atoms with Gasteiger partial charge in [0.1, 0.15) is 6.10 Å². The van der Waals surface area contributed by atoms with Crippen molar-refractivity contribution in [2.45, 2.75) is 31.9 Å². The number of halogens is 2. The molecule has 0 radical (unpaired) electrons. The van der Waals surface area contributed by atoms with Gasteiger partial charge in [-0.1, -0.05) is 11.6 Å². The highest BCUT2D eigenvalue weighted by atomic mass is 35.5. The van der Waals surface area contributed by atoms with Crippen LogP contribution in [-0.2, 0) is 0 Å². The minimum atomic E-state index is -0.769. The van der Waals surface area contributed by atoms with E-state index in [4.69, 9.17) is 22.1 Å². The SMILES string of the molecule is CC(Oc1cc(-c2cnn(C3CCCNC3)c2)cnc1N)c1c(Cl)ccc(F)c1O. The molecule has 9 heteroatoms. The van der Waals surface area contributed by atoms with Crippen LogP contribution in [0.15, 0.2) is 36.8 Å². The Bertz CT molecular complexity index is 1050. The fourth-order valence-electron chi connectivity index (χ4n) is 3.65. The number of hydrogen-bond donors (Lipinski definition) is 3. The third-order valence-corrected chi connectivity index (χ3v) is 5.62. The first-order valence-electron chi connectivity index (χ1n) is 9.78. The van der Waals surface area contributed by atoms with Gasteiger partial charge < -0.3 is 20.9 Å². The lowest BCUT2D eigenvalue weighted by Gasteiger charge is -2.22. The van der Waals surface area contributed by atoms with Crippen LogP contribution in [0.25, 0.3) is 11.1 Å². The summed E-state index contributed by atoms with van der Waals surface area (Å²) in [6, 6.07) is 4.55. The second-order valence-electron chi connectivity index (χ2n) is 7.37. The Morgan fingerprint density at radius 3 is 2.97 bits per heavy atom. The van der Waals surface area contributed by atoms with Crippen molar-refractivity contribution >= 4 is 17.4 Å². The Kier molecular flexibility index (Phi) is 5.78. The van der Waals surface area contributed by atoms with Crippen LogP contribution in [0.3, 0.4) is 0 Å². The average molecular weight is 432 g/mol. The van der Waals surface area contributed by atoms with E-state index >= 15 is 0 Å². The van der Waals surface area contributed by atoms with E-state index in [1.165, 1.54) is 6.07 Å². The van der Waals surface area contributed by atoms with E-state index in [0.29, 0.717) is 11.8 Å². The molecule has 0 aliphatic carbocycles. The van der Waals surface area contributed by atoms with Crippen LogP contribution >= 0.6 is 11.6 Å². The van der Waals surface area contributed by atoms with E-state index in [2.05, 4.69) is 15.4 Å².